The molecule has 0 spiro atoms. The van der Waals surface area contributed by atoms with Crippen molar-refractivity contribution < 1.29 is 19.1 Å². The molecule has 0 radical (unpaired) electrons. The van der Waals surface area contributed by atoms with E-state index < -0.39 is 11.9 Å². The molecule has 2 atom stereocenters. The molecule has 1 aromatic heterocycles. The van der Waals surface area contributed by atoms with Crippen LogP contribution in [0.5, 0.6) is 0 Å². The summed E-state index contributed by atoms with van der Waals surface area (Å²) in [5, 5.41) is 9.35. The Morgan fingerprint density at radius 2 is 2.21 bits per heavy atom. The molecule has 0 aromatic carbocycles. The first-order valence-electron chi connectivity index (χ1n) is 6.70. The summed E-state index contributed by atoms with van der Waals surface area (Å²) in [5.41, 5.74) is 0.422. The van der Waals surface area contributed by atoms with E-state index in [-0.39, 0.29) is 23.5 Å². The van der Waals surface area contributed by atoms with Crippen LogP contribution in [0.25, 0.3) is 0 Å². The predicted molar refractivity (Wildman–Crippen MR) is 69.9 cm³/mol. The van der Waals surface area contributed by atoms with Crippen LogP contribution in [0.15, 0.2) is 23.0 Å². The smallest absolute Gasteiger partial charge is 0.306 e. The average Bonchev–Trinajstić information content (AvgIpc) is 2.84. The van der Waals surface area contributed by atoms with Crippen molar-refractivity contribution in [2.75, 3.05) is 0 Å². The van der Waals surface area contributed by atoms with Crippen molar-refractivity contribution in [1.29, 1.82) is 0 Å². The molecule has 0 saturated heterocycles. The van der Waals surface area contributed by atoms with Gasteiger partial charge in [-0.15, -0.1) is 0 Å². The van der Waals surface area contributed by atoms with E-state index in [0.29, 0.717) is 12.0 Å². The lowest BCUT2D eigenvalue weighted by molar-refractivity contribution is -0.147. The Balaban J connectivity index is 2.17. The van der Waals surface area contributed by atoms with Crippen LogP contribution in [0.3, 0.4) is 0 Å². The minimum atomic E-state index is -0.780. The van der Waals surface area contributed by atoms with Gasteiger partial charge in [-0.2, -0.15) is 0 Å². The molecule has 0 unspecified atom stereocenters. The second-order valence-electron chi connectivity index (χ2n) is 6.07. The minimum absolute atomic E-state index is 0.0278. The maximum atomic E-state index is 12.2. The second kappa shape index (κ2) is 5.19. The first-order valence-corrected chi connectivity index (χ1v) is 6.70. The third-order valence-electron chi connectivity index (χ3n) is 4.39. The standard InChI is InChI=1S/C15H20O4/c1-15(2)6-3-4-11(14(17)18)12(15)8-13(16)10-5-7-19-9-10/h5,7,9,11-12H,3-4,6,8H2,1-2H3,(H,17,18)/t11-,12+/m0/s1. The van der Waals surface area contributed by atoms with Crippen LogP contribution in [0.4, 0.5) is 0 Å². The topological polar surface area (TPSA) is 67.5 Å². The lowest BCUT2D eigenvalue weighted by Crippen LogP contribution is -2.40. The lowest BCUT2D eigenvalue weighted by Gasteiger charge is -2.42. The predicted octanol–water partition coefficient (Wildman–Crippen LogP) is 3.38. The number of carboxylic acids is 1. The fraction of sp³-hybridized carbons (Fsp3) is 0.600. The van der Waals surface area contributed by atoms with Crippen LogP contribution in [-0.2, 0) is 4.79 Å². The zero-order valence-corrected chi connectivity index (χ0v) is 11.4. The van der Waals surface area contributed by atoms with Gasteiger partial charge < -0.3 is 9.52 Å². The van der Waals surface area contributed by atoms with Crippen LogP contribution < -0.4 is 0 Å². The molecule has 1 heterocycles. The number of Topliss-reactive ketones (excluding diaryl/α,β-unsaturated/α-hetero) is 1. The summed E-state index contributed by atoms with van der Waals surface area (Å²) in [6, 6.07) is 1.63. The molecule has 1 aromatic rings. The van der Waals surface area contributed by atoms with Gasteiger partial charge >= 0.3 is 5.97 Å². The molecule has 4 heteroatoms. The molecule has 1 N–H and O–H groups in total. The quantitative estimate of drug-likeness (QED) is 0.846. The van der Waals surface area contributed by atoms with Gasteiger partial charge in [0.15, 0.2) is 5.78 Å². The van der Waals surface area contributed by atoms with E-state index in [2.05, 4.69) is 13.8 Å². The van der Waals surface area contributed by atoms with Gasteiger partial charge in [-0.05, 0) is 30.2 Å². The lowest BCUT2D eigenvalue weighted by atomic mass is 9.62. The molecule has 4 nitrogen and oxygen atoms in total. The SMILES string of the molecule is CC1(C)CCC[C@H](C(=O)O)[C@H]1CC(=O)c1ccoc1. The number of hydrogen-bond acceptors (Lipinski definition) is 3. The van der Waals surface area contributed by atoms with Crippen LogP contribution in [-0.4, -0.2) is 16.9 Å². The zero-order chi connectivity index (χ0) is 14.0. The van der Waals surface area contributed by atoms with E-state index in [9.17, 15) is 14.7 Å². The van der Waals surface area contributed by atoms with Gasteiger partial charge in [-0.3, -0.25) is 9.59 Å². The number of aliphatic carboxylic acids is 1. The highest BCUT2D eigenvalue weighted by atomic mass is 16.4. The van der Waals surface area contributed by atoms with Crippen molar-refractivity contribution >= 4 is 11.8 Å². The molecule has 0 amide bonds. The van der Waals surface area contributed by atoms with E-state index in [1.165, 1.54) is 12.5 Å². The normalized spacial score (nSPS) is 26.0. The van der Waals surface area contributed by atoms with Gasteiger partial charge in [0, 0.05) is 6.42 Å². The molecule has 19 heavy (non-hydrogen) atoms. The first kappa shape index (κ1) is 13.8. The Labute approximate surface area is 112 Å². The number of carbonyl (C=O) groups excluding carboxylic acids is 1. The molecule has 2 rings (SSSR count). The average molecular weight is 264 g/mol. The van der Waals surface area contributed by atoms with Crippen molar-refractivity contribution in [2.45, 2.75) is 39.5 Å². The van der Waals surface area contributed by atoms with Crippen LogP contribution in [0.2, 0.25) is 0 Å². The van der Waals surface area contributed by atoms with Crippen LogP contribution in [0.1, 0.15) is 49.9 Å². The summed E-state index contributed by atoms with van der Waals surface area (Å²) in [5.74, 6) is -1.33. The van der Waals surface area contributed by atoms with E-state index >= 15 is 0 Å². The minimum Gasteiger partial charge on any atom is -0.481 e. The van der Waals surface area contributed by atoms with Gasteiger partial charge in [0.05, 0.1) is 17.7 Å². The van der Waals surface area contributed by atoms with Crippen molar-refractivity contribution in [1.82, 2.24) is 0 Å². The number of hydrogen-bond donors (Lipinski definition) is 1. The number of furan rings is 1. The number of carbonyl (C=O) groups is 2. The Bertz CT molecular complexity index is 458. The summed E-state index contributed by atoms with van der Waals surface area (Å²) in [6.07, 6.45) is 5.73. The Kier molecular flexibility index (Phi) is 3.78. The summed E-state index contributed by atoms with van der Waals surface area (Å²) in [6.45, 7) is 4.13. The summed E-state index contributed by atoms with van der Waals surface area (Å²) in [4.78, 5) is 23.6. The van der Waals surface area contributed by atoms with E-state index in [1.54, 1.807) is 6.07 Å². The molecule has 1 aliphatic carbocycles. The van der Waals surface area contributed by atoms with Gasteiger partial charge in [0.25, 0.3) is 0 Å². The van der Waals surface area contributed by atoms with Crippen molar-refractivity contribution in [3.05, 3.63) is 24.2 Å². The Morgan fingerprint density at radius 1 is 1.47 bits per heavy atom. The highest BCUT2D eigenvalue weighted by Crippen LogP contribution is 2.46. The maximum absolute atomic E-state index is 12.2. The van der Waals surface area contributed by atoms with Gasteiger partial charge in [0.1, 0.15) is 6.26 Å². The first-order chi connectivity index (χ1) is 8.92. The Hall–Kier alpha value is -1.58. The maximum Gasteiger partial charge on any atom is 0.306 e. The fourth-order valence-electron chi connectivity index (χ4n) is 3.16. The third-order valence-corrected chi connectivity index (χ3v) is 4.39. The molecule has 1 aliphatic rings. The van der Waals surface area contributed by atoms with E-state index in [1.807, 2.05) is 0 Å². The van der Waals surface area contributed by atoms with Crippen LogP contribution >= 0.6 is 0 Å². The summed E-state index contributed by atoms with van der Waals surface area (Å²) >= 11 is 0. The molecule has 1 fully saturated rings. The van der Waals surface area contributed by atoms with Crippen LogP contribution in [0, 0.1) is 17.3 Å². The summed E-state index contributed by atoms with van der Waals surface area (Å²) in [7, 11) is 0. The van der Waals surface area contributed by atoms with Crippen molar-refractivity contribution in [3.8, 4) is 0 Å². The molecule has 104 valence electrons. The monoisotopic (exact) mass is 264 g/mol. The molecule has 0 aliphatic heterocycles. The fourth-order valence-corrected chi connectivity index (χ4v) is 3.16. The largest absolute Gasteiger partial charge is 0.481 e. The van der Waals surface area contributed by atoms with Gasteiger partial charge in [-0.1, -0.05) is 20.3 Å². The number of carboxylic acid groups (broad SMARTS) is 1. The number of rotatable bonds is 4. The van der Waals surface area contributed by atoms with Gasteiger partial charge in [-0.25, -0.2) is 0 Å². The Morgan fingerprint density at radius 3 is 2.79 bits per heavy atom. The molecule has 0 bridgehead atoms. The molecular weight excluding hydrogens is 244 g/mol. The van der Waals surface area contributed by atoms with Crippen molar-refractivity contribution in [3.63, 3.8) is 0 Å². The van der Waals surface area contributed by atoms with Gasteiger partial charge in [0.2, 0.25) is 0 Å². The third kappa shape index (κ3) is 2.88. The van der Waals surface area contributed by atoms with E-state index in [0.717, 1.165) is 12.8 Å². The second-order valence-corrected chi connectivity index (χ2v) is 6.07. The highest BCUT2D eigenvalue weighted by Gasteiger charge is 2.43. The van der Waals surface area contributed by atoms with Crippen molar-refractivity contribution in [2.24, 2.45) is 17.3 Å². The van der Waals surface area contributed by atoms with E-state index in [4.69, 9.17) is 4.42 Å². The molecule has 1 saturated carbocycles. The highest BCUT2D eigenvalue weighted by molar-refractivity contribution is 5.96. The zero-order valence-electron chi connectivity index (χ0n) is 11.4. The number of ketones is 1. The molecular formula is C15H20O4. The summed E-state index contributed by atoms with van der Waals surface area (Å²) < 4.78 is 4.91.